The van der Waals surface area contributed by atoms with Crippen LogP contribution < -0.4 is 0 Å². The molecule has 0 saturated heterocycles. The Bertz CT molecular complexity index is 2820. The van der Waals surface area contributed by atoms with Crippen molar-refractivity contribution in [3.63, 3.8) is 0 Å². The monoisotopic (exact) mass is 667 g/mol. The van der Waals surface area contributed by atoms with Crippen LogP contribution in [0.25, 0.3) is 89.5 Å². The Morgan fingerprint density at radius 1 is 0.404 bits per heavy atom. The van der Waals surface area contributed by atoms with E-state index < -0.39 is 0 Å². The molecule has 1 aliphatic rings. The van der Waals surface area contributed by atoms with Crippen LogP contribution in [-0.2, 0) is 5.41 Å². The van der Waals surface area contributed by atoms with Crippen LogP contribution in [0.3, 0.4) is 0 Å². The Morgan fingerprint density at radius 3 is 1.83 bits per heavy atom. The average Bonchev–Trinajstić information content (AvgIpc) is 3.70. The van der Waals surface area contributed by atoms with Crippen molar-refractivity contribution in [2.75, 3.05) is 0 Å². The van der Waals surface area contributed by atoms with Crippen molar-refractivity contribution in [2.45, 2.75) is 19.3 Å². The summed E-state index contributed by atoms with van der Waals surface area (Å²) in [5, 5.41) is 2.15. The minimum Gasteiger partial charge on any atom is -0.456 e. The van der Waals surface area contributed by atoms with Crippen LogP contribution >= 0.6 is 0 Å². The molecular weight excluding hydrogens is 635 g/mol. The van der Waals surface area contributed by atoms with E-state index >= 15 is 0 Å². The fourth-order valence-corrected chi connectivity index (χ4v) is 8.08. The van der Waals surface area contributed by atoms with Gasteiger partial charge in [0.2, 0.25) is 0 Å². The van der Waals surface area contributed by atoms with Crippen LogP contribution in [0, 0.1) is 0 Å². The van der Waals surface area contributed by atoms with E-state index in [-0.39, 0.29) is 5.41 Å². The third kappa shape index (κ3) is 4.79. The molecule has 0 spiro atoms. The second-order valence-electron chi connectivity index (χ2n) is 14.0. The topological polar surface area (TPSA) is 51.8 Å². The number of hydrogen-bond donors (Lipinski definition) is 0. The molecule has 4 heteroatoms. The quantitative estimate of drug-likeness (QED) is 0.183. The van der Waals surface area contributed by atoms with Crippen molar-refractivity contribution in [3.05, 3.63) is 175 Å². The highest BCUT2D eigenvalue weighted by Crippen LogP contribution is 2.51. The second-order valence-corrected chi connectivity index (χ2v) is 14.0. The molecule has 10 rings (SSSR count). The van der Waals surface area contributed by atoms with Gasteiger partial charge in [0, 0.05) is 32.9 Å². The van der Waals surface area contributed by atoms with Gasteiger partial charge in [0.25, 0.3) is 0 Å². The molecule has 9 aromatic rings. The van der Waals surface area contributed by atoms with Crippen LogP contribution in [-0.4, -0.2) is 15.0 Å². The van der Waals surface area contributed by atoms with Crippen molar-refractivity contribution in [1.29, 1.82) is 0 Å². The smallest absolute Gasteiger partial charge is 0.164 e. The van der Waals surface area contributed by atoms with Gasteiger partial charge in [-0.3, -0.25) is 0 Å². The summed E-state index contributed by atoms with van der Waals surface area (Å²) in [5.41, 5.74) is 14.0. The van der Waals surface area contributed by atoms with E-state index in [9.17, 15) is 0 Å². The van der Waals surface area contributed by atoms with Crippen molar-refractivity contribution in [2.24, 2.45) is 0 Å². The highest BCUT2D eigenvalue weighted by molar-refractivity contribution is 6.13. The number of nitrogens with zero attached hydrogens (tertiary/aromatic N) is 3. The molecule has 0 radical (unpaired) electrons. The molecule has 0 N–H and O–H groups in total. The molecule has 0 fully saturated rings. The number of benzene rings is 7. The number of fused-ring (bicyclic) bond motifs is 6. The summed E-state index contributed by atoms with van der Waals surface area (Å²) in [5.74, 6) is 1.90. The molecule has 0 bridgehead atoms. The highest BCUT2D eigenvalue weighted by atomic mass is 16.3. The predicted octanol–water partition coefficient (Wildman–Crippen LogP) is 12.4. The van der Waals surface area contributed by atoms with Crippen LogP contribution in [0.4, 0.5) is 0 Å². The Labute approximate surface area is 302 Å². The SMILES string of the molecule is CC1(C)c2ccccc2-c2cccc(-c3nc(-c4ccccc4)nc(-c4ccc5c(c4)oc4cccc(-c6cccc(-c7ccccc7)c6)c45)n3)c21. The maximum Gasteiger partial charge on any atom is 0.164 e. The molecule has 0 saturated carbocycles. The van der Waals surface area contributed by atoms with Crippen molar-refractivity contribution in [3.8, 4) is 67.5 Å². The number of hydrogen-bond acceptors (Lipinski definition) is 4. The van der Waals surface area contributed by atoms with Crippen molar-refractivity contribution >= 4 is 21.9 Å². The summed E-state index contributed by atoms with van der Waals surface area (Å²) in [7, 11) is 0. The van der Waals surface area contributed by atoms with E-state index in [0.29, 0.717) is 17.5 Å². The summed E-state index contributed by atoms with van der Waals surface area (Å²) >= 11 is 0. The lowest BCUT2D eigenvalue weighted by molar-refractivity contribution is 0.661. The molecule has 246 valence electrons. The summed E-state index contributed by atoms with van der Waals surface area (Å²) in [6.07, 6.45) is 0. The number of furan rings is 1. The van der Waals surface area contributed by atoms with E-state index in [2.05, 4.69) is 147 Å². The van der Waals surface area contributed by atoms with Crippen molar-refractivity contribution < 1.29 is 4.42 Å². The second kappa shape index (κ2) is 11.7. The lowest BCUT2D eigenvalue weighted by Crippen LogP contribution is -2.17. The molecule has 0 aliphatic heterocycles. The maximum atomic E-state index is 6.57. The van der Waals surface area contributed by atoms with Gasteiger partial charge in [0.05, 0.1) is 0 Å². The molecule has 0 atom stereocenters. The molecule has 7 aromatic carbocycles. The standard InChI is InChI=1S/C48H33N3O/c1-48(2)40-24-10-9-20-36(40)37-22-12-23-39(44(37)48)47-50-45(31-16-7-4-8-17-31)49-46(51-47)34-26-27-38-42(29-34)52-41-25-13-21-35(43(38)41)33-19-11-18-32(28-33)30-14-5-3-6-15-30/h3-29H,1-2H3. The largest absolute Gasteiger partial charge is 0.456 e. The summed E-state index contributed by atoms with van der Waals surface area (Å²) in [4.78, 5) is 15.4. The summed E-state index contributed by atoms with van der Waals surface area (Å²) < 4.78 is 6.57. The first-order valence-electron chi connectivity index (χ1n) is 17.7. The fraction of sp³-hybridized carbons (Fsp3) is 0.0625. The number of aromatic nitrogens is 3. The fourth-order valence-electron chi connectivity index (χ4n) is 8.08. The predicted molar refractivity (Wildman–Crippen MR) is 212 cm³/mol. The zero-order valence-corrected chi connectivity index (χ0v) is 28.8. The Morgan fingerprint density at radius 2 is 1.00 bits per heavy atom. The minimum atomic E-state index is -0.215. The van der Waals surface area contributed by atoms with E-state index in [1.165, 1.54) is 33.4 Å². The number of rotatable bonds is 5. The van der Waals surface area contributed by atoms with Gasteiger partial charge in [-0.1, -0.05) is 153 Å². The van der Waals surface area contributed by atoms with Gasteiger partial charge >= 0.3 is 0 Å². The van der Waals surface area contributed by atoms with Crippen molar-refractivity contribution in [1.82, 2.24) is 15.0 Å². The summed E-state index contributed by atoms with van der Waals surface area (Å²) in [6, 6.07) is 57.2. The van der Waals surface area contributed by atoms with Gasteiger partial charge in [-0.2, -0.15) is 0 Å². The van der Waals surface area contributed by atoms with Crippen LogP contribution in [0.5, 0.6) is 0 Å². The molecule has 2 aromatic heterocycles. The van der Waals surface area contributed by atoms with Gasteiger partial charge < -0.3 is 4.42 Å². The molecular formula is C48H33N3O. The van der Waals surface area contributed by atoms with Crippen LogP contribution in [0.1, 0.15) is 25.0 Å². The molecule has 0 unspecified atom stereocenters. The Kier molecular flexibility index (Phi) is 6.80. The van der Waals surface area contributed by atoms with E-state index in [4.69, 9.17) is 19.4 Å². The Hall–Kier alpha value is -6.65. The van der Waals surface area contributed by atoms with Crippen LogP contribution in [0.15, 0.2) is 168 Å². The third-order valence-corrected chi connectivity index (χ3v) is 10.5. The van der Waals surface area contributed by atoms with E-state index in [0.717, 1.165) is 49.8 Å². The molecule has 52 heavy (non-hydrogen) atoms. The molecule has 1 aliphatic carbocycles. The highest BCUT2D eigenvalue weighted by Gasteiger charge is 2.38. The maximum absolute atomic E-state index is 6.57. The normalized spacial score (nSPS) is 13.0. The first-order chi connectivity index (χ1) is 25.5. The minimum absolute atomic E-state index is 0.215. The van der Waals surface area contributed by atoms with E-state index in [1.807, 2.05) is 30.3 Å². The van der Waals surface area contributed by atoms with Gasteiger partial charge in [-0.25, -0.2) is 15.0 Å². The zero-order valence-electron chi connectivity index (χ0n) is 28.8. The summed E-state index contributed by atoms with van der Waals surface area (Å²) in [6.45, 7) is 4.59. The lowest BCUT2D eigenvalue weighted by atomic mass is 9.80. The third-order valence-electron chi connectivity index (χ3n) is 10.5. The first-order valence-corrected chi connectivity index (χ1v) is 17.7. The van der Waals surface area contributed by atoms with Gasteiger partial charge in [0.15, 0.2) is 17.5 Å². The van der Waals surface area contributed by atoms with Gasteiger partial charge in [0.1, 0.15) is 11.2 Å². The van der Waals surface area contributed by atoms with Crippen LogP contribution in [0.2, 0.25) is 0 Å². The first kappa shape index (κ1) is 30.2. The van der Waals surface area contributed by atoms with E-state index in [1.54, 1.807) is 0 Å². The van der Waals surface area contributed by atoms with Gasteiger partial charge in [-0.05, 0) is 68.8 Å². The average molecular weight is 668 g/mol. The Balaban J connectivity index is 1.13. The molecule has 4 nitrogen and oxygen atoms in total. The molecule has 0 amide bonds. The molecule has 2 heterocycles. The zero-order chi connectivity index (χ0) is 34.8. The van der Waals surface area contributed by atoms with Gasteiger partial charge in [-0.15, -0.1) is 0 Å². The lowest BCUT2D eigenvalue weighted by Gasteiger charge is -2.24.